The summed E-state index contributed by atoms with van der Waals surface area (Å²) in [5.74, 6) is -0.250. The van der Waals surface area contributed by atoms with Crippen molar-refractivity contribution in [2.45, 2.75) is 32.7 Å². The number of hydrogen-bond donors (Lipinski definition) is 0. The third-order valence-corrected chi connectivity index (χ3v) is 5.51. The molecule has 1 aliphatic heterocycles. The van der Waals surface area contributed by atoms with Crippen molar-refractivity contribution in [3.05, 3.63) is 83.8 Å². The number of allylic oxidation sites excluding steroid dienone is 1. The van der Waals surface area contributed by atoms with Crippen LogP contribution in [0.2, 0.25) is 0 Å². The van der Waals surface area contributed by atoms with E-state index >= 15 is 0 Å². The van der Waals surface area contributed by atoms with E-state index in [1.807, 2.05) is 13.0 Å². The van der Waals surface area contributed by atoms with E-state index < -0.39 is 5.41 Å². The molecule has 2 aromatic carbocycles. The van der Waals surface area contributed by atoms with Gasteiger partial charge in [0.25, 0.3) is 0 Å². The zero-order valence-electron chi connectivity index (χ0n) is 16.4. The zero-order chi connectivity index (χ0) is 20.0. The number of aliphatic imine (C=N–C) groups is 1. The standard InChI is InChI=1S/C24H26FN3/c1-19(16-21-8-10-23(25)11-9-21)27-20(2)24(18-26)12-14-28(15-13-24)17-22-6-4-3-5-7-22/h3-11H,1,12-17H2,2H3. The average Bonchev–Trinajstić information content (AvgIpc) is 2.71. The lowest BCUT2D eigenvalue weighted by Crippen LogP contribution is -2.42. The molecule has 0 spiro atoms. The summed E-state index contributed by atoms with van der Waals surface area (Å²) in [6.45, 7) is 8.64. The van der Waals surface area contributed by atoms with Crippen LogP contribution < -0.4 is 0 Å². The molecule has 0 N–H and O–H groups in total. The largest absolute Gasteiger partial charge is 0.299 e. The molecule has 3 nitrogen and oxygen atoms in total. The van der Waals surface area contributed by atoms with Crippen molar-refractivity contribution in [3.8, 4) is 6.07 Å². The highest BCUT2D eigenvalue weighted by Crippen LogP contribution is 2.33. The van der Waals surface area contributed by atoms with E-state index in [2.05, 4.69) is 46.8 Å². The molecular weight excluding hydrogens is 349 g/mol. The molecule has 1 aliphatic rings. The second-order valence-corrected chi connectivity index (χ2v) is 7.52. The summed E-state index contributed by atoms with van der Waals surface area (Å²) in [4.78, 5) is 7.05. The lowest BCUT2D eigenvalue weighted by atomic mass is 9.76. The number of rotatable bonds is 6. The van der Waals surface area contributed by atoms with Gasteiger partial charge in [-0.2, -0.15) is 5.26 Å². The summed E-state index contributed by atoms with van der Waals surface area (Å²) < 4.78 is 13.1. The summed E-state index contributed by atoms with van der Waals surface area (Å²) in [6, 6.07) is 19.3. The molecule has 0 saturated carbocycles. The van der Waals surface area contributed by atoms with E-state index in [4.69, 9.17) is 0 Å². The van der Waals surface area contributed by atoms with Gasteiger partial charge in [0.1, 0.15) is 5.82 Å². The Morgan fingerprint density at radius 3 is 2.36 bits per heavy atom. The van der Waals surface area contributed by atoms with Gasteiger partial charge in [-0.1, -0.05) is 49.0 Å². The van der Waals surface area contributed by atoms with Crippen molar-refractivity contribution in [1.29, 1.82) is 5.26 Å². The van der Waals surface area contributed by atoms with Gasteiger partial charge < -0.3 is 0 Å². The molecule has 0 aromatic heterocycles. The molecule has 1 saturated heterocycles. The third kappa shape index (κ3) is 4.94. The van der Waals surface area contributed by atoms with E-state index in [0.717, 1.165) is 43.8 Å². The van der Waals surface area contributed by atoms with Crippen LogP contribution in [0.1, 0.15) is 30.9 Å². The summed E-state index contributed by atoms with van der Waals surface area (Å²) in [7, 11) is 0. The van der Waals surface area contributed by atoms with E-state index in [0.29, 0.717) is 12.1 Å². The first-order valence-corrected chi connectivity index (χ1v) is 9.66. The van der Waals surface area contributed by atoms with Crippen LogP contribution in [-0.2, 0) is 13.0 Å². The maximum absolute atomic E-state index is 13.1. The molecule has 28 heavy (non-hydrogen) atoms. The number of nitriles is 1. The molecule has 0 radical (unpaired) electrons. The lowest BCUT2D eigenvalue weighted by molar-refractivity contribution is 0.175. The van der Waals surface area contributed by atoms with E-state index in [9.17, 15) is 9.65 Å². The van der Waals surface area contributed by atoms with Crippen molar-refractivity contribution in [3.63, 3.8) is 0 Å². The molecule has 0 unspecified atom stereocenters. The molecule has 1 fully saturated rings. The summed E-state index contributed by atoms with van der Waals surface area (Å²) >= 11 is 0. The molecular formula is C24H26FN3. The first kappa shape index (κ1) is 20.0. The maximum atomic E-state index is 13.1. The van der Waals surface area contributed by atoms with Gasteiger partial charge in [-0.3, -0.25) is 9.89 Å². The molecule has 1 heterocycles. The maximum Gasteiger partial charge on any atom is 0.123 e. The molecule has 3 rings (SSSR count). The van der Waals surface area contributed by atoms with Crippen molar-refractivity contribution in [2.75, 3.05) is 13.1 Å². The quantitative estimate of drug-likeness (QED) is 0.655. The molecule has 0 bridgehead atoms. The number of hydrogen-bond acceptors (Lipinski definition) is 3. The highest BCUT2D eigenvalue weighted by atomic mass is 19.1. The Morgan fingerprint density at radius 2 is 1.75 bits per heavy atom. The van der Waals surface area contributed by atoms with Crippen LogP contribution in [0, 0.1) is 22.6 Å². The van der Waals surface area contributed by atoms with Crippen molar-refractivity contribution in [2.24, 2.45) is 10.4 Å². The Labute approximate surface area is 166 Å². The Kier molecular flexibility index (Phi) is 6.38. The fourth-order valence-electron chi connectivity index (χ4n) is 3.71. The van der Waals surface area contributed by atoms with Crippen LogP contribution in [0.4, 0.5) is 4.39 Å². The monoisotopic (exact) mass is 375 g/mol. The topological polar surface area (TPSA) is 39.4 Å². The predicted molar refractivity (Wildman–Crippen MR) is 111 cm³/mol. The summed E-state index contributed by atoms with van der Waals surface area (Å²) in [5.41, 5.74) is 3.27. The van der Waals surface area contributed by atoms with Crippen LogP contribution >= 0.6 is 0 Å². The predicted octanol–water partition coefficient (Wildman–Crippen LogP) is 5.15. The summed E-state index contributed by atoms with van der Waals surface area (Å²) in [6.07, 6.45) is 2.10. The highest BCUT2D eigenvalue weighted by Gasteiger charge is 2.37. The molecule has 2 aromatic rings. The molecule has 0 aliphatic carbocycles. The van der Waals surface area contributed by atoms with Gasteiger partial charge in [0.15, 0.2) is 0 Å². The average molecular weight is 375 g/mol. The van der Waals surface area contributed by atoms with Crippen LogP contribution in [0.15, 0.2) is 71.9 Å². The minimum absolute atomic E-state index is 0.250. The van der Waals surface area contributed by atoms with Crippen LogP contribution in [0.3, 0.4) is 0 Å². The van der Waals surface area contributed by atoms with Gasteiger partial charge in [0.05, 0.1) is 11.5 Å². The molecule has 4 heteroatoms. The molecule has 0 atom stereocenters. The number of benzene rings is 2. The normalized spacial score (nSPS) is 17.1. The van der Waals surface area contributed by atoms with E-state index in [-0.39, 0.29) is 5.82 Å². The first-order chi connectivity index (χ1) is 13.5. The van der Waals surface area contributed by atoms with Crippen LogP contribution in [0.5, 0.6) is 0 Å². The van der Waals surface area contributed by atoms with E-state index in [1.165, 1.54) is 17.7 Å². The summed E-state index contributed by atoms with van der Waals surface area (Å²) in [5, 5.41) is 9.90. The fraction of sp³-hybridized carbons (Fsp3) is 0.333. The number of piperidine rings is 1. The van der Waals surface area contributed by atoms with Gasteiger partial charge >= 0.3 is 0 Å². The Bertz CT molecular complexity index is 870. The van der Waals surface area contributed by atoms with Crippen molar-refractivity contribution in [1.82, 2.24) is 4.90 Å². The lowest BCUT2D eigenvalue weighted by Gasteiger charge is -2.37. The smallest absolute Gasteiger partial charge is 0.123 e. The second-order valence-electron chi connectivity index (χ2n) is 7.52. The Hall–Kier alpha value is -2.77. The van der Waals surface area contributed by atoms with Crippen molar-refractivity contribution < 1.29 is 4.39 Å². The van der Waals surface area contributed by atoms with Gasteiger partial charge in [-0.25, -0.2) is 4.39 Å². The zero-order valence-corrected chi connectivity index (χ0v) is 16.4. The SMILES string of the molecule is C=C(Cc1ccc(F)cc1)N=C(C)C1(C#N)CCN(Cc2ccccc2)CC1. The highest BCUT2D eigenvalue weighted by molar-refractivity contribution is 5.91. The van der Waals surface area contributed by atoms with Crippen LogP contribution in [-0.4, -0.2) is 23.7 Å². The second kappa shape index (κ2) is 8.95. The molecule has 0 amide bonds. The third-order valence-electron chi connectivity index (χ3n) is 5.51. The number of likely N-dealkylation sites (tertiary alicyclic amines) is 1. The van der Waals surface area contributed by atoms with Gasteiger partial charge in [0.2, 0.25) is 0 Å². The first-order valence-electron chi connectivity index (χ1n) is 9.66. The Balaban J connectivity index is 1.62. The minimum atomic E-state index is -0.529. The van der Waals surface area contributed by atoms with E-state index in [1.54, 1.807) is 12.1 Å². The number of halogens is 1. The van der Waals surface area contributed by atoms with Gasteiger partial charge in [-0.05, 0) is 43.0 Å². The number of nitrogens with zero attached hydrogens (tertiary/aromatic N) is 3. The van der Waals surface area contributed by atoms with Crippen molar-refractivity contribution >= 4 is 5.71 Å². The molecule has 144 valence electrons. The van der Waals surface area contributed by atoms with Gasteiger partial charge in [0, 0.05) is 37.5 Å². The Morgan fingerprint density at radius 1 is 1.11 bits per heavy atom. The minimum Gasteiger partial charge on any atom is -0.299 e. The van der Waals surface area contributed by atoms with Gasteiger partial charge in [-0.15, -0.1) is 0 Å². The fourth-order valence-corrected chi connectivity index (χ4v) is 3.71. The van der Waals surface area contributed by atoms with Crippen LogP contribution in [0.25, 0.3) is 0 Å².